The van der Waals surface area contributed by atoms with Gasteiger partial charge in [0.15, 0.2) is 0 Å². The van der Waals surface area contributed by atoms with Crippen LogP contribution in [0.25, 0.3) is 0 Å². The molecule has 1 aromatic carbocycles. The van der Waals surface area contributed by atoms with Crippen molar-refractivity contribution in [1.82, 2.24) is 0 Å². The molecule has 0 spiro atoms. The van der Waals surface area contributed by atoms with Crippen molar-refractivity contribution in [3.8, 4) is 11.8 Å². The van der Waals surface area contributed by atoms with Crippen LogP contribution in [0.3, 0.4) is 0 Å². The number of nitrogens with zero attached hydrogens (tertiary/aromatic N) is 2. The topological polar surface area (TPSA) is 53.3 Å². The van der Waals surface area contributed by atoms with E-state index in [9.17, 15) is 9.18 Å². The number of hydrogen-bond acceptors (Lipinski definition) is 3. The van der Waals surface area contributed by atoms with Gasteiger partial charge >= 0.3 is 5.37 Å². The van der Waals surface area contributed by atoms with Crippen LogP contribution in [0, 0.1) is 17.1 Å². The number of rotatable bonds is 3. The van der Waals surface area contributed by atoms with E-state index >= 15 is 0 Å². The Labute approximate surface area is 107 Å². The Morgan fingerprint density at radius 3 is 2.76 bits per heavy atom. The van der Waals surface area contributed by atoms with E-state index in [1.165, 1.54) is 13.2 Å². The van der Waals surface area contributed by atoms with Crippen molar-refractivity contribution in [2.45, 2.75) is 0 Å². The molecule has 0 atom stereocenters. The third-order valence-electron chi connectivity index (χ3n) is 1.95. The summed E-state index contributed by atoms with van der Waals surface area (Å²) >= 11 is 11.0. The van der Waals surface area contributed by atoms with Crippen LogP contribution in [0.2, 0.25) is 5.02 Å². The Kier molecular flexibility index (Phi) is 4.55. The van der Waals surface area contributed by atoms with E-state index in [0.29, 0.717) is 0 Å². The summed E-state index contributed by atoms with van der Waals surface area (Å²) in [4.78, 5) is 11.8. The van der Waals surface area contributed by atoms with Gasteiger partial charge in [-0.25, -0.2) is 4.39 Å². The van der Waals surface area contributed by atoms with Gasteiger partial charge < -0.3 is 4.74 Å². The molecule has 0 aliphatic heterocycles. The Bertz CT molecular complexity index is 488. The second-order valence-corrected chi connectivity index (χ2v) is 3.67. The van der Waals surface area contributed by atoms with Gasteiger partial charge in [-0.05, 0) is 17.7 Å². The summed E-state index contributed by atoms with van der Waals surface area (Å²) < 4.78 is 18.5. The number of amides is 1. The van der Waals surface area contributed by atoms with Gasteiger partial charge in [0.1, 0.15) is 18.1 Å². The molecule has 1 amide bonds. The molecule has 0 aliphatic rings. The van der Waals surface area contributed by atoms with Gasteiger partial charge in [0.05, 0.1) is 23.9 Å². The van der Waals surface area contributed by atoms with Gasteiger partial charge in [0.2, 0.25) is 0 Å². The minimum Gasteiger partial charge on any atom is -0.495 e. The van der Waals surface area contributed by atoms with Crippen LogP contribution >= 0.6 is 23.2 Å². The molecule has 0 aromatic heterocycles. The largest absolute Gasteiger partial charge is 0.495 e. The lowest BCUT2D eigenvalue weighted by molar-refractivity contribution is 0.264. The standard InChI is InChI=1S/C10H7Cl2FN2O2/c1-17-9-5-8(7(13)4-6(9)11)15(3-2-14)10(12)16/h4-5H,3H2,1H3. The second-order valence-electron chi connectivity index (χ2n) is 2.94. The van der Waals surface area contributed by atoms with E-state index < -0.39 is 11.2 Å². The van der Waals surface area contributed by atoms with Crippen molar-refractivity contribution in [3.63, 3.8) is 0 Å². The SMILES string of the molecule is COc1cc(N(CC#N)C(=O)Cl)c(F)cc1Cl. The number of methoxy groups -OCH3 is 1. The fourth-order valence-electron chi connectivity index (χ4n) is 1.19. The van der Waals surface area contributed by atoms with Crippen molar-refractivity contribution >= 4 is 34.3 Å². The first-order valence-corrected chi connectivity index (χ1v) is 5.13. The van der Waals surface area contributed by atoms with E-state index in [0.717, 1.165) is 11.0 Å². The molecule has 0 aliphatic carbocycles. The molecule has 0 heterocycles. The third-order valence-corrected chi connectivity index (χ3v) is 2.45. The molecule has 0 bridgehead atoms. The number of nitriles is 1. The number of benzene rings is 1. The van der Waals surface area contributed by atoms with Crippen LogP contribution in [0.1, 0.15) is 0 Å². The van der Waals surface area contributed by atoms with Crippen LogP contribution < -0.4 is 9.64 Å². The smallest absolute Gasteiger partial charge is 0.321 e. The molecule has 0 fully saturated rings. The molecule has 90 valence electrons. The highest BCUT2D eigenvalue weighted by Crippen LogP contribution is 2.32. The molecule has 7 heteroatoms. The van der Waals surface area contributed by atoms with E-state index in [1.54, 1.807) is 6.07 Å². The summed E-state index contributed by atoms with van der Waals surface area (Å²) in [5, 5.41) is 7.64. The summed E-state index contributed by atoms with van der Waals surface area (Å²) in [6.07, 6.45) is 0. The van der Waals surface area contributed by atoms with Crippen LogP contribution in [-0.4, -0.2) is 19.0 Å². The highest BCUT2D eigenvalue weighted by atomic mass is 35.5. The zero-order valence-corrected chi connectivity index (χ0v) is 10.2. The summed E-state index contributed by atoms with van der Waals surface area (Å²) in [5.41, 5.74) is -0.159. The fourth-order valence-corrected chi connectivity index (χ4v) is 1.57. The molecule has 0 saturated carbocycles. The Hall–Kier alpha value is -1.51. The van der Waals surface area contributed by atoms with Gasteiger partial charge in [-0.3, -0.25) is 9.69 Å². The van der Waals surface area contributed by atoms with Crippen molar-refractivity contribution in [2.24, 2.45) is 0 Å². The molecule has 0 saturated heterocycles. The zero-order chi connectivity index (χ0) is 13.0. The molecular formula is C10H7Cl2FN2O2. The summed E-state index contributed by atoms with van der Waals surface area (Å²) in [5.74, 6) is -0.580. The highest BCUT2D eigenvalue weighted by molar-refractivity contribution is 6.66. The zero-order valence-electron chi connectivity index (χ0n) is 8.71. The van der Waals surface area contributed by atoms with Gasteiger partial charge in [-0.1, -0.05) is 11.6 Å². The van der Waals surface area contributed by atoms with Crippen LogP contribution in [0.5, 0.6) is 5.75 Å². The Balaban J connectivity index is 3.28. The van der Waals surface area contributed by atoms with Crippen LogP contribution in [0.4, 0.5) is 14.9 Å². The number of anilines is 1. The van der Waals surface area contributed by atoms with E-state index in [1.807, 2.05) is 0 Å². The van der Waals surface area contributed by atoms with Gasteiger partial charge in [-0.15, -0.1) is 0 Å². The number of ether oxygens (including phenoxy) is 1. The molecule has 0 radical (unpaired) electrons. The quantitative estimate of drug-likeness (QED) is 0.484. The minimum absolute atomic E-state index is 0.0627. The summed E-state index contributed by atoms with van der Waals surface area (Å²) in [6, 6.07) is 3.90. The second kappa shape index (κ2) is 5.71. The lowest BCUT2D eigenvalue weighted by atomic mass is 10.2. The normalized spacial score (nSPS) is 9.59. The summed E-state index contributed by atoms with van der Waals surface area (Å²) in [7, 11) is 1.35. The van der Waals surface area contributed by atoms with E-state index in [2.05, 4.69) is 0 Å². The average Bonchev–Trinajstić information content (AvgIpc) is 2.26. The maximum absolute atomic E-state index is 13.6. The minimum atomic E-state index is -0.963. The molecule has 0 unspecified atom stereocenters. The predicted molar refractivity (Wildman–Crippen MR) is 62.2 cm³/mol. The predicted octanol–water partition coefficient (Wildman–Crippen LogP) is 3.18. The molecule has 1 rings (SSSR count). The number of carbonyl (C=O) groups excluding carboxylic acids is 1. The van der Waals surface area contributed by atoms with E-state index in [-0.39, 0.29) is 23.0 Å². The molecule has 4 nitrogen and oxygen atoms in total. The van der Waals surface area contributed by atoms with Gasteiger partial charge in [-0.2, -0.15) is 5.26 Å². The van der Waals surface area contributed by atoms with Crippen molar-refractivity contribution in [1.29, 1.82) is 5.26 Å². The lowest BCUT2D eigenvalue weighted by Gasteiger charge is -2.18. The van der Waals surface area contributed by atoms with Gasteiger partial charge in [0, 0.05) is 6.07 Å². The van der Waals surface area contributed by atoms with E-state index in [4.69, 9.17) is 33.2 Å². The monoisotopic (exact) mass is 276 g/mol. The number of halogens is 3. The molecule has 0 N–H and O–H groups in total. The van der Waals surface area contributed by atoms with Crippen LogP contribution in [0.15, 0.2) is 12.1 Å². The molecular weight excluding hydrogens is 270 g/mol. The maximum Gasteiger partial charge on any atom is 0.321 e. The first-order valence-electron chi connectivity index (χ1n) is 4.38. The Morgan fingerprint density at radius 2 is 2.29 bits per heavy atom. The van der Waals surface area contributed by atoms with Crippen molar-refractivity contribution < 1.29 is 13.9 Å². The van der Waals surface area contributed by atoms with Crippen LogP contribution in [-0.2, 0) is 0 Å². The first-order chi connectivity index (χ1) is 8.01. The fraction of sp³-hybridized carbons (Fsp3) is 0.200. The third kappa shape index (κ3) is 2.99. The van der Waals surface area contributed by atoms with Crippen molar-refractivity contribution in [3.05, 3.63) is 23.0 Å². The molecule has 1 aromatic rings. The lowest BCUT2D eigenvalue weighted by Crippen LogP contribution is -2.27. The Morgan fingerprint density at radius 1 is 1.65 bits per heavy atom. The maximum atomic E-state index is 13.6. The highest BCUT2D eigenvalue weighted by Gasteiger charge is 2.19. The van der Waals surface area contributed by atoms with Crippen molar-refractivity contribution in [2.75, 3.05) is 18.6 Å². The molecule has 17 heavy (non-hydrogen) atoms. The average molecular weight is 277 g/mol. The number of hydrogen-bond donors (Lipinski definition) is 0. The summed E-state index contributed by atoms with van der Waals surface area (Å²) in [6.45, 7) is -0.371. The first kappa shape index (κ1) is 13.6. The number of carbonyl (C=O) groups is 1. The van der Waals surface area contributed by atoms with Gasteiger partial charge in [0.25, 0.3) is 0 Å².